The van der Waals surface area contributed by atoms with Gasteiger partial charge in [-0.2, -0.15) is 5.26 Å². The zero-order chi connectivity index (χ0) is 14.3. The molecule has 2 fully saturated rings. The van der Waals surface area contributed by atoms with E-state index in [-0.39, 0.29) is 23.1 Å². The molecule has 6 heteroatoms. The molecular weight excluding hydrogens is 276 g/mol. The summed E-state index contributed by atoms with van der Waals surface area (Å²) in [6.45, 7) is 1.70. The van der Waals surface area contributed by atoms with Crippen molar-refractivity contribution in [3.05, 3.63) is 29.3 Å². The highest BCUT2D eigenvalue weighted by Gasteiger charge is 2.42. The van der Waals surface area contributed by atoms with Gasteiger partial charge in [0.25, 0.3) is 0 Å². The third-order valence-electron chi connectivity index (χ3n) is 4.01. The molecule has 1 N–H and O–H groups in total. The van der Waals surface area contributed by atoms with E-state index in [1.165, 1.54) is 12.1 Å². The minimum Gasteiger partial charge on any atom is -0.373 e. The van der Waals surface area contributed by atoms with Crippen LogP contribution in [0.25, 0.3) is 0 Å². The fourth-order valence-corrected chi connectivity index (χ4v) is 4.55. The molecule has 2 saturated heterocycles. The van der Waals surface area contributed by atoms with E-state index < -0.39 is 10.0 Å². The molecule has 0 spiro atoms. The molecule has 3 unspecified atom stereocenters. The van der Waals surface area contributed by atoms with Crippen molar-refractivity contribution >= 4 is 10.0 Å². The van der Waals surface area contributed by atoms with Crippen molar-refractivity contribution in [3.63, 3.8) is 0 Å². The number of rotatable bonds is 3. The summed E-state index contributed by atoms with van der Waals surface area (Å²) in [7, 11) is -3.56. The van der Waals surface area contributed by atoms with Crippen molar-refractivity contribution in [3.8, 4) is 6.07 Å². The summed E-state index contributed by atoms with van der Waals surface area (Å²) in [5, 5.41) is 8.83. The fraction of sp³-hybridized carbons (Fsp3) is 0.500. The number of nitrogens with one attached hydrogen (secondary N) is 1. The number of nitriles is 1. The van der Waals surface area contributed by atoms with E-state index in [9.17, 15) is 8.42 Å². The van der Waals surface area contributed by atoms with Crippen LogP contribution in [0.4, 0.5) is 0 Å². The quantitative estimate of drug-likeness (QED) is 0.915. The molecule has 2 aliphatic rings. The molecule has 0 radical (unpaired) electrons. The first-order valence-electron chi connectivity index (χ1n) is 6.68. The fourth-order valence-electron chi connectivity index (χ4n) is 3.05. The lowest BCUT2D eigenvalue weighted by molar-refractivity contribution is 0.0996. The Morgan fingerprint density at radius 3 is 2.75 bits per heavy atom. The molecule has 5 nitrogen and oxygen atoms in total. The van der Waals surface area contributed by atoms with Gasteiger partial charge in [0.1, 0.15) is 0 Å². The maximum atomic E-state index is 12.4. The number of benzene rings is 1. The zero-order valence-corrected chi connectivity index (χ0v) is 12.0. The molecule has 0 aliphatic carbocycles. The number of hydrogen-bond donors (Lipinski definition) is 1. The molecule has 0 amide bonds. The van der Waals surface area contributed by atoms with E-state index in [1.807, 2.05) is 6.07 Å². The number of sulfonamides is 1. The van der Waals surface area contributed by atoms with E-state index in [0.29, 0.717) is 11.1 Å². The van der Waals surface area contributed by atoms with E-state index in [1.54, 1.807) is 13.0 Å². The summed E-state index contributed by atoms with van der Waals surface area (Å²) in [5.74, 6) is 0. The minimum absolute atomic E-state index is 0.00784. The summed E-state index contributed by atoms with van der Waals surface area (Å²) in [5.41, 5.74) is 1.05. The molecule has 3 rings (SSSR count). The summed E-state index contributed by atoms with van der Waals surface area (Å²) < 4.78 is 33.3. The predicted molar refractivity (Wildman–Crippen MR) is 72.5 cm³/mol. The molecule has 106 valence electrons. The maximum Gasteiger partial charge on any atom is 0.241 e. The van der Waals surface area contributed by atoms with Crippen molar-refractivity contribution < 1.29 is 13.2 Å². The molecule has 3 atom stereocenters. The molecular formula is C14H16N2O3S. The van der Waals surface area contributed by atoms with Crippen molar-refractivity contribution in [2.75, 3.05) is 0 Å². The molecule has 0 saturated carbocycles. The number of fused-ring (bicyclic) bond motifs is 2. The first-order valence-corrected chi connectivity index (χ1v) is 8.16. The van der Waals surface area contributed by atoms with Gasteiger partial charge in [-0.25, -0.2) is 13.1 Å². The van der Waals surface area contributed by atoms with Crippen molar-refractivity contribution in [1.29, 1.82) is 5.26 Å². The van der Waals surface area contributed by atoms with Crippen LogP contribution in [0.2, 0.25) is 0 Å². The van der Waals surface area contributed by atoms with E-state index >= 15 is 0 Å². The van der Waals surface area contributed by atoms with Gasteiger partial charge in [0.2, 0.25) is 10.0 Å². The Balaban J connectivity index is 1.83. The second-order valence-electron chi connectivity index (χ2n) is 5.43. The Kier molecular flexibility index (Phi) is 3.28. The minimum atomic E-state index is -3.56. The number of ether oxygens (including phenoxy) is 1. The number of aryl methyl sites for hydroxylation is 1. The smallest absolute Gasteiger partial charge is 0.241 e. The zero-order valence-electron chi connectivity index (χ0n) is 11.2. The van der Waals surface area contributed by atoms with E-state index in [4.69, 9.17) is 10.00 Å². The van der Waals surface area contributed by atoms with Crippen LogP contribution < -0.4 is 4.72 Å². The van der Waals surface area contributed by atoms with Gasteiger partial charge in [0, 0.05) is 0 Å². The maximum absolute atomic E-state index is 12.4. The topological polar surface area (TPSA) is 79.2 Å². The van der Waals surface area contributed by atoms with Crippen molar-refractivity contribution in [1.82, 2.24) is 4.72 Å². The predicted octanol–water partition coefficient (Wildman–Crippen LogP) is 1.46. The summed E-state index contributed by atoms with van der Waals surface area (Å²) in [4.78, 5) is 0.235. The van der Waals surface area contributed by atoms with Gasteiger partial charge < -0.3 is 4.74 Å². The number of nitrogens with zero attached hydrogens (tertiary/aromatic N) is 1. The van der Waals surface area contributed by atoms with Crippen LogP contribution in [0, 0.1) is 18.3 Å². The third-order valence-corrected chi connectivity index (χ3v) is 5.66. The van der Waals surface area contributed by atoms with Crippen LogP contribution in [-0.2, 0) is 14.8 Å². The average Bonchev–Trinajstić information content (AvgIpc) is 2.99. The van der Waals surface area contributed by atoms with Crippen molar-refractivity contribution in [2.45, 2.75) is 49.3 Å². The molecule has 2 bridgehead atoms. The highest BCUT2D eigenvalue weighted by atomic mass is 32.2. The second kappa shape index (κ2) is 4.85. The Hall–Kier alpha value is -1.42. The molecule has 2 heterocycles. The lowest BCUT2D eigenvalue weighted by Gasteiger charge is -2.20. The third kappa shape index (κ3) is 2.33. The van der Waals surface area contributed by atoms with Gasteiger partial charge in [-0.15, -0.1) is 0 Å². The van der Waals surface area contributed by atoms with E-state index in [2.05, 4.69) is 4.72 Å². The summed E-state index contributed by atoms with van der Waals surface area (Å²) >= 11 is 0. The average molecular weight is 292 g/mol. The van der Waals surface area contributed by atoms with Gasteiger partial charge in [-0.1, -0.05) is 0 Å². The van der Waals surface area contributed by atoms with Crippen molar-refractivity contribution in [2.24, 2.45) is 0 Å². The summed E-state index contributed by atoms with van der Waals surface area (Å²) in [6, 6.07) is 6.48. The molecule has 1 aromatic rings. The largest absolute Gasteiger partial charge is 0.373 e. The Morgan fingerprint density at radius 1 is 1.40 bits per heavy atom. The van der Waals surface area contributed by atoms with Gasteiger partial charge in [-0.3, -0.25) is 0 Å². The van der Waals surface area contributed by atoms with Crippen LogP contribution in [0.3, 0.4) is 0 Å². The molecule has 1 aromatic carbocycles. The van der Waals surface area contributed by atoms with Crippen LogP contribution >= 0.6 is 0 Å². The Morgan fingerprint density at radius 2 is 2.20 bits per heavy atom. The standard InChI is InChI=1S/C14H16N2O3S/c1-9-6-10(8-15)2-5-14(9)20(17,18)16-12-7-11-3-4-13(12)19-11/h2,5-6,11-13,16H,3-4,7H2,1H3. The Bertz CT molecular complexity index is 678. The molecule has 2 aliphatic heterocycles. The monoisotopic (exact) mass is 292 g/mol. The first-order chi connectivity index (χ1) is 9.49. The second-order valence-corrected chi connectivity index (χ2v) is 7.11. The van der Waals surface area contributed by atoms with Crippen LogP contribution in [0.5, 0.6) is 0 Å². The van der Waals surface area contributed by atoms with Crippen LogP contribution in [-0.4, -0.2) is 26.7 Å². The highest BCUT2D eigenvalue weighted by Crippen LogP contribution is 2.35. The highest BCUT2D eigenvalue weighted by molar-refractivity contribution is 7.89. The van der Waals surface area contributed by atoms with Crippen LogP contribution in [0.15, 0.2) is 23.1 Å². The normalized spacial score (nSPS) is 28.5. The van der Waals surface area contributed by atoms with Crippen LogP contribution in [0.1, 0.15) is 30.4 Å². The van der Waals surface area contributed by atoms with Gasteiger partial charge >= 0.3 is 0 Å². The summed E-state index contributed by atoms with van der Waals surface area (Å²) in [6.07, 6.45) is 2.91. The van der Waals surface area contributed by atoms with Gasteiger partial charge in [0.05, 0.1) is 34.8 Å². The SMILES string of the molecule is Cc1cc(C#N)ccc1S(=O)(=O)NC1CC2CCC1O2. The van der Waals surface area contributed by atoms with E-state index in [0.717, 1.165) is 19.3 Å². The lowest BCUT2D eigenvalue weighted by Crippen LogP contribution is -2.41. The Labute approximate surface area is 118 Å². The van der Waals surface area contributed by atoms with Gasteiger partial charge in [-0.05, 0) is 49.9 Å². The van der Waals surface area contributed by atoms with Gasteiger partial charge in [0.15, 0.2) is 0 Å². The molecule has 20 heavy (non-hydrogen) atoms. The first kappa shape index (κ1) is 13.6. The lowest BCUT2D eigenvalue weighted by atomic mass is 9.96. The number of hydrogen-bond acceptors (Lipinski definition) is 4. The molecule has 0 aromatic heterocycles.